The molecule has 0 aliphatic carbocycles. The fraction of sp³-hybridized carbons (Fsp3) is 0.346. The van der Waals surface area contributed by atoms with E-state index < -0.39 is 5.97 Å². The van der Waals surface area contributed by atoms with Gasteiger partial charge in [0.25, 0.3) is 5.91 Å². The fourth-order valence-corrected chi connectivity index (χ4v) is 6.02. The number of nitrogens with zero attached hydrogens (tertiary/aromatic N) is 2. The van der Waals surface area contributed by atoms with E-state index >= 15 is 0 Å². The SMILES string of the molecule is Cc1c(N2CCSCC2)nc2ccc(Br)cc2c1C(=O)NCC(CCC(=O)O)c1ccccc1Cl. The Morgan fingerprint density at radius 2 is 1.97 bits per heavy atom. The molecule has 1 unspecified atom stereocenters. The maximum atomic E-state index is 13.7. The maximum absolute atomic E-state index is 13.7. The second kappa shape index (κ2) is 11.6. The largest absolute Gasteiger partial charge is 0.481 e. The second-order valence-electron chi connectivity index (χ2n) is 8.56. The van der Waals surface area contributed by atoms with Crippen LogP contribution < -0.4 is 10.2 Å². The van der Waals surface area contributed by atoms with Gasteiger partial charge >= 0.3 is 5.97 Å². The van der Waals surface area contributed by atoms with E-state index in [0.29, 0.717) is 17.0 Å². The topological polar surface area (TPSA) is 82.5 Å². The second-order valence-corrected chi connectivity index (χ2v) is 11.1. The number of thioether (sulfide) groups is 1. The smallest absolute Gasteiger partial charge is 0.303 e. The highest BCUT2D eigenvalue weighted by Gasteiger charge is 2.24. The summed E-state index contributed by atoms with van der Waals surface area (Å²) in [5.74, 6) is 1.61. The Labute approximate surface area is 222 Å². The van der Waals surface area contributed by atoms with Gasteiger partial charge in [0.15, 0.2) is 0 Å². The highest BCUT2D eigenvalue weighted by atomic mass is 79.9. The molecule has 2 heterocycles. The van der Waals surface area contributed by atoms with Crippen LogP contribution in [-0.4, -0.2) is 53.1 Å². The minimum absolute atomic E-state index is 0.00690. The maximum Gasteiger partial charge on any atom is 0.303 e. The molecule has 2 N–H and O–H groups in total. The van der Waals surface area contributed by atoms with Gasteiger partial charge in [0.05, 0.1) is 11.1 Å². The number of amides is 1. The number of halogens is 2. The molecule has 0 radical (unpaired) electrons. The van der Waals surface area contributed by atoms with Crippen molar-refractivity contribution in [1.29, 1.82) is 0 Å². The molecule has 3 aromatic rings. The molecular weight excluding hydrogens is 550 g/mol. The van der Waals surface area contributed by atoms with Gasteiger partial charge in [-0.2, -0.15) is 11.8 Å². The van der Waals surface area contributed by atoms with Crippen molar-refractivity contribution in [2.75, 3.05) is 36.0 Å². The number of pyridine rings is 1. The van der Waals surface area contributed by atoms with E-state index in [1.54, 1.807) is 6.07 Å². The van der Waals surface area contributed by atoms with Gasteiger partial charge in [0.2, 0.25) is 0 Å². The predicted molar refractivity (Wildman–Crippen MR) is 147 cm³/mol. The number of hydrogen-bond acceptors (Lipinski definition) is 5. The summed E-state index contributed by atoms with van der Waals surface area (Å²) in [7, 11) is 0. The first-order chi connectivity index (χ1) is 16.8. The highest BCUT2D eigenvalue weighted by molar-refractivity contribution is 9.10. The Bertz CT molecular complexity index is 1250. The average Bonchev–Trinajstić information content (AvgIpc) is 2.84. The van der Waals surface area contributed by atoms with E-state index in [0.717, 1.165) is 56.9 Å². The fourth-order valence-electron chi connectivity index (χ4n) is 4.47. The molecule has 1 aromatic heterocycles. The van der Waals surface area contributed by atoms with Gasteiger partial charge < -0.3 is 15.3 Å². The standard InChI is InChI=1S/C26H27BrClN3O3S/c1-16-24(20-14-18(27)7-8-22(20)30-25(16)31-10-12-35-13-11-31)26(34)29-15-17(6-9-23(32)33)19-4-2-3-5-21(19)28/h2-5,7-8,14,17H,6,9-13,15H2,1H3,(H,29,34)(H,32,33). The van der Waals surface area contributed by atoms with Crippen LogP contribution in [0.1, 0.15) is 40.2 Å². The van der Waals surface area contributed by atoms with E-state index in [9.17, 15) is 14.7 Å². The summed E-state index contributed by atoms with van der Waals surface area (Å²) in [4.78, 5) is 32.1. The molecule has 184 valence electrons. The number of carbonyl (C=O) groups is 2. The Morgan fingerprint density at radius 3 is 2.69 bits per heavy atom. The van der Waals surface area contributed by atoms with Crippen LogP contribution in [-0.2, 0) is 4.79 Å². The van der Waals surface area contributed by atoms with Crippen LogP contribution in [0.15, 0.2) is 46.9 Å². The van der Waals surface area contributed by atoms with Crippen molar-refractivity contribution in [3.05, 3.63) is 68.7 Å². The van der Waals surface area contributed by atoms with Gasteiger partial charge in [0, 0.05) is 63.9 Å². The molecular formula is C26H27BrClN3O3S. The Morgan fingerprint density at radius 1 is 1.23 bits per heavy atom. The predicted octanol–water partition coefficient (Wildman–Crippen LogP) is 5.89. The van der Waals surface area contributed by atoms with Crippen LogP contribution >= 0.6 is 39.3 Å². The third kappa shape index (κ3) is 6.11. The van der Waals surface area contributed by atoms with Crippen LogP contribution in [0.3, 0.4) is 0 Å². The molecule has 4 rings (SSSR count). The van der Waals surface area contributed by atoms with Gasteiger partial charge in [-0.1, -0.05) is 45.7 Å². The van der Waals surface area contributed by atoms with E-state index in [-0.39, 0.29) is 24.8 Å². The van der Waals surface area contributed by atoms with Crippen molar-refractivity contribution >= 4 is 67.9 Å². The Kier molecular flexibility index (Phi) is 8.57. The normalized spacial score (nSPS) is 14.7. The molecule has 1 atom stereocenters. The number of fused-ring (bicyclic) bond motifs is 1. The summed E-state index contributed by atoms with van der Waals surface area (Å²) in [5, 5.41) is 13.7. The first-order valence-corrected chi connectivity index (χ1v) is 13.8. The third-order valence-corrected chi connectivity index (χ3v) is 8.04. The van der Waals surface area contributed by atoms with Crippen molar-refractivity contribution in [1.82, 2.24) is 10.3 Å². The molecule has 1 amide bonds. The highest BCUT2D eigenvalue weighted by Crippen LogP contribution is 2.32. The summed E-state index contributed by atoms with van der Waals surface area (Å²) in [6.07, 6.45) is 0.366. The lowest BCUT2D eigenvalue weighted by Gasteiger charge is -2.30. The average molecular weight is 577 g/mol. The van der Waals surface area contributed by atoms with Gasteiger partial charge in [-0.25, -0.2) is 4.98 Å². The number of anilines is 1. The van der Waals surface area contributed by atoms with Gasteiger partial charge in [-0.3, -0.25) is 9.59 Å². The van der Waals surface area contributed by atoms with E-state index in [4.69, 9.17) is 16.6 Å². The number of carbonyl (C=O) groups excluding carboxylic acids is 1. The molecule has 9 heteroatoms. The Hall–Kier alpha value is -2.29. The Balaban J connectivity index is 1.67. The molecule has 2 aromatic carbocycles. The van der Waals surface area contributed by atoms with E-state index in [1.807, 2.05) is 55.1 Å². The van der Waals surface area contributed by atoms with Crippen molar-refractivity contribution in [3.63, 3.8) is 0 Å². The van der Waals surface area contributed by atoms with Crippen molar-refractivity contribution in [2.45, 2.75) is 25.7 Å². The summed E-state index contributed by atoms with van der Waals surface area (Å²) in [5.41, 5.74) is 3.05. The number of benzene rings is 2. The lowest BCUT2D eigenvalue weighted by molar-refractivity contribution is -0.137. The number of aliphatic carboxylic acids is 1. The number of aromatic nitrogens is 1. The molecule has 1 aliphatic rings. The molecule has 1 aliphatic heterocycles. The molecule has 6 nitrogen and oxygen atoms in total. The van der Waals surface area contributed by atoms with Crippen LogP contribution in [0.25, 0.3) is 10.9 Å². The van der Waals surface area contributed by atoms with E-state index in [1.165, 1.54) is 0 Å². The molecule has 1 fully saturated rings. The van der Waals surface area contributed by atoms with Gasteiger partial charge in [-0.15, -0.1) is 0 Å². The zero-order valence-corrected chi connectivity index (χ0v) is 22.5. The van der Waals surface area contributed by atoms with Crippen molar-refractivity contribution in [2.24, 2.45) is 0 Å². The lowest BCUT2D eigenvalue weighted by Crippen LogP contribution is -2.35. The minimum Gasteiger partial charge on any atom is -0.481 e. The number of carboxylic acids is 1. The summed E-state index contributed by atoms with van der Waals surface area (Å²) >= 11 is 11.9. The van der Waals surface area contributed by atoms with Crippen molar-refractivity contribution in [3.8, 4) is 0 Å². The minimum atomic E-state index is -0.876. The van der Waals surface area contributed by atoms with Crippen molar-refractivity contribution < 1.29 is 14.7 Å². The molecule has 0 bridgehead atoms. The van der Waals surface area contributed by atoms with Crippen LogP contribution in [0, 0.1) is 6.92 Å². The van der Waals surface area contributed by atoms with E-state index in [2.05, 4.69) is 26.1 Å². The molecule has 0 saturated carbocycles. The first kappa shape index (κ1) is 25.8. The number of carboxylic acid groups (broad SMARTS) is 1. The quantitative estimate of drug-likeness (QED) is 0.348. The molecule has 0 spiro atoms. The molecule has 35 heavy (non-hydrogen) atoms. The van der Waals surface area contributed by atoms with Gasteiger partial charge in [-0.05, 0) is 43.2 Å². The summed E-state index contributed by atoms with van der Waals surface area (Å²) in [6, 6.07) is 13.2. The van der Waals surface area contributed by atoms with Crippen LogP contribution in [0.4, 0.5) is 5.82 Å². The number of hydrogen-bond donors (Lipinski definition) is 2. The van der Waals surface area contributed by atoms with Crippen LogP contribution in [0.2, 0.25) is 5.02 Å². The van der Waals surface area contributed by atoms with Crippen LogP contribution in [0.5, 0.6) is 0 Å². The lowest BCUT2D eigenvalue weighted by atomic mass is 9.93. The number of rotatable bonds is 8. The molecule has 1 saturated heterocycles. The zero-order chi connectivity index (χ0) is 24.9. The monoisotopic (exact) mass is 575 g/mol. The zero-order valence-electron chi connectivity index (χ0n) is 19.4. The summed E-state index contributed by atoms with van der Waals surface area (Å²) in [6.45, 7) is 4.02. The summed E-state index contributed by atoms with van der Waals surface area (Å²) < 4.78 is 0.873. The van der Waals surface area contributed by atoms with Gasteiger partial charge in [0.1, 0.15) is 5.82 Å². The third-order valence-electron chi connectivity index (χ3n) is 6.26. The first-order valence-electron chi connectivity index (χ1n) is 11.5. The number of nitrogens with one attached hydrogen (secondary N) is 1.